The molecule has 29 heavy (non-hydrogen) atoms. The Morgan fingerprint density at radius 1 is 1.00 bits per heavy atom. The maximum absolute atomic E-state index is 11.9. The van der Waals surface area contributed by atoms with Gasteiger partial charge < -0.3 is 5.11 Å². The van der Waals surface area contributed by atoms with E-state index >= 15 is 0 Å². The van der Waals surface area contributed by atoms with Gasteiger partial charge in [-0.25, -0.2) is 4.98 Å². The zero-order valence-corrected chi connectivity index (χ0v) is 18.2. The molecule has 1 aliphatic heterocycles. The Morgan fingerprint density at radius 2 is 1.66 bits per heavy atom. The molecule has 2 bridgehead atoms. The number of aliphatic hydroxyl groups is 1. The summed E-state index contributed by atoms with van der Waals surface area (Å²) in [5, 5.41) is 12.4. The molecule has 3 nitrogen and oxygen atoms in total. The highest BCUT2D eigenvalue weighted by molar-refractivity contribution is 6.29. The minimum absolute atomic E-state index is 0.218. The largest absolute Gasteiger partial charge is 0.384 e. The average molecular weight is 411 g/mol. The van der Waals surface area contributed by atoms with Gasteiger partial charge in [0.15, 0.2) is 0 Å². The summed E-state index contributed by atoms with van der Waals surface area (Å²) in [6, 6.07) is 14.8. The number of nitrogens with zero attached hydrogens (tertiary/aromatic N) is 2. The second-order valence-corrected chi connectivity index (χ2v) is 10.6. The van der Waals surface area contributed by atoms with Gasteiger partial charge in [0.2, 0.25) is 0 Å². The van der Waals surface area contributed by atoms with Crippen molar-refractivity contribution in [3.05, 3.63) is 64.9 Å². The summed E-state index contributed by atoms with van der Waals surface area (Å²) in [5.74, 6) is 0.516. The number of benzene rings is 1. The van der Waals surface area contributed by atoms with Gasteiger partial charge in [-0.15, -0.1) is 0 Å². The van der Waals surface area contributed by atoms with Crippen molar-refractivity contribution in [1.29, 1.82) is 0 Å². The SMILES string of the molecule is CC1(c2ccccc2)CC(C)(N2CC3CCCC(C2)C3(O)c2ccnc(Cl)c2)C1. The number of piperidine rings is 1. The molecule has 2 aliphatic carbocycles. The molecule has 3 aliphatic rings. The number of hydrogen-bond donors (Lipinski definition) is 1. The number of fused-ring (bicyclic) bond motifs is 2. The van der Waals surface area contributed by atoms with Crippen LogP contribution in [-0.2, 0) is 11.0 Å². The van der Waals surface area contributed by atoms with Crippen LogP contribution in [0.4, 0.5) is 0 Å². The Labute approximate surface area is 179 Å². The van der Waals surface area contributed by atoms with Crippen LogP contribution >= 0.6 is 11.6 Å². The molecule has 0 amide bonds. The summed E-state index contributed by atoms with van der Waals surface area (Å²) in [5.41, 5.74) is 2.12. The Balaban J connectivity index is 1.38. The second kappa shape index (κ2) is 6.80. The Morgan fingerprint density at radius 3 is 2.28 bits per heavy atom. The lowest BCUT2D eigenvalue weighted by Gasteiger charge is -2.63. The summed E-state index contributed by atoms with van der Waals surface area (Å²) in [7, 11) is 0. The first-order valence-electron chi connectivity index (χ1n) is 11.0. The molecule has 1 saturated heterocycles. The second-order valence-electron chi connectivity index (χ2n) is 10.2. The van der Waals surface area contributed by atoms with E-state index in [1.54, 1.807) is 6.20 Å². The third-order valence-corrected chi connectivity index (χ3v) is 8.40. The van der Waals surface area contributed by atoms with Gasteiger partial charge >= 0.3 is 0 Å². The lowest BCUT2D eigenvalue weighted by atomic mass is 9.54. The van der Waals surface area contributed by atoms with Gasteiger partial charge in [0.1, 0.15) is 5.15 Å². The van der Waals surface area contributed by atoms with Crippen molar-refractivity contribution in [2.24, 2.45) is 11.8 Å². The molecule has 2 unspecified atom stereocenters. The summed E-state index contributed by atoms with van der Waals surface area (Å²) < 4.78 is 0. The summed E-state index contributed by atoms with van der Waals surface area (Å²) in [6.07, 6.45) is 7.47. The van der Waals surface area contributed by atoms with Crippen molar-refractivity contribution >= 4 is 11.6 Å². The lowest BCUT2D eigenvalue weighted by Crippen LogP contribution is -2.68. The van der Waals surface area contributed by atoms with Crippen LogP contribution in [0.15, 0.2) is 48.7 Å². The third-order valence-electron chi connectivity index (χ3n) is 8.20. The number of pyridine rings is 1. The van der Waals surface area contributed by atoms with E-state index in [0.29, 0.717) is 5.15 Å². The molecular formula is C25H31ClN2O. The summed E-state index contributed by atoms with van der Waals surface area (Å²) in [4.78, 5) is 6.82. The quantitative estimate of drug-likeness (QED) is 0.709. The minimum atomic E-state index is -0.774. The van der Waals surface area contributed by atoms with Crippen LogP contribution in [0.3, 0.4) is 0 Å². The molecule has 154 valence electrons. The standard InChI is InChI=1S/C25H31ClN2O/c1-23(18-7-4-3-5-8-18)16-24(2,17-23)28-14-20-9-6-10-21(15-28)25(20,29)19-11-12-27-22(26)13-19/h3-5,7-8,11-13,20-21,29H,6,9-10,14-17H2,1-2H3. The van der Waals surface area contributed by atoms with Gasteiger partial charge in [0.25, 0.3) is 0 Å². The first kappa shape index (κ1) is 19.5. The fourth-order valence-electron chi connectivity index (χ4n) is 6.91. The number of likely N-dealkylation sites (tertiary alicyclic amines) is 1. The predicted octanol–water partition coefficient (Wildman–Crippen LogP) is 5.16. The Hall–Kier alpha value is -1.42. The van der Waals surface area contributed by atoms with E-state index in [2.05, 4.69) is 54.1 Å². The smallest absolute Gasteiger partial charge is 0.129 e. The molecule has 3 fully saturated rings. The van der Waals surface area contributed by atoms with Crippen molar-refractivity contribution in [2.45, 2.75) is 62.5 Å². The highest BCUT2D eigenvalue weighted by Crippen LogP contribution is 2.57. The maximum Gasteiger partial charge on any atom is 0.129 e. The average Bonchev–Trinajstić information content (AvgIpc) is 2.67. The van der Waals surface area contributed by atoms with Gasteiger partial charge in [-0.05, 0) is 61.3 Å². The van der Waals surface area contributed by atoms with Gasteiger partial charge in [-0.1, -0.05) is 55.3 Å². The van der Waals surface area contributed by atoms with E-state index in [1.807, 2.05) is 12.1 Å². The maximum atomic E-state index is 11.9. The molecule has 1 aromatic heterocycles. The summed E-state index contributed by atoms with van der Waals surface area (Å²) in [6.45, 7) is 6.77. The van der Waals surface area contributed by atoms with Gasteiger partial charge in [0, 0.05) is 36.7 Å². The molecule has 2 saturated carbocycles. The van der Waals surface area contributed by atoms with Crippen LogP contribution in [0.1, 0.15) is 57.1 Å². The van der Waals surface area contributed by atoms with Crippen molar-refractivity contribution in [3.8, 4) is 0 Å². The highest BCUT2D eigenvalue weighted by atomic mass is 35.5. The van der Waals surface area contributed by atoms with Crippen molar-refractivity contribution in [3.63, 3.8) is 0 Å². The number of halogens is 1. The van der Waals surface area contributed by atoms with Crippen molar-refractivity contribution in [1.82, 2.24) is 9.88 Å². The molecule has 1 N–H and O–H groups in total. The topological polar surface area (TPSA) is 36.4 Å². The molecular weight excluding hydrogens is 380 g/mol. The van der Waals surface area contributed by atoms with Crippen LogP contribution in [0.5, 0.6) is 0 Å². The van der Waals surface area contributed by atoms with Crippen LogP contribution < -0.4 is 0 Å². The molecule has 1 aromatic carbocycles. The normalized spacial score (nSPS) is 39.7. The van der Waals surface area contributed by atoms with Crippen molar-refractivity contribution in [2.75, 3.05) is 13.1 Å². The minimum Gasteiger partial charge on any atom is -0.384 e. The highest BCUT2D eigenvalue weighted by Gasteiger charge is 2.58. The van der Waals surface area contributed by atoms with E-state index in [9.17, 15) is 5.11 Å². The molecule has 0 spiro atoms. The molecule has 0 radical (unpaired) electrons. The Kier molecular flexibility index (Phi) is 4.58. The fraction of sp³-hybridized carbons (Fsp3) is 0.560. The van der Waals surface area contributed by atoms with E-state index in [4.69, 9.17) is 11.6 Å². The lowest BCUT2D eigenvalue weighted by molar-refractivity contribution is -0.178. The van der Waals surface area contributed by atoms with Crippen molar-refractivity contribution < 1.29 is 5.11 Å². The molecule has 4 heteroatoms. The summed E-state index contributed by atoms with van der Waals surface area (Å²) >= 11 is 6.17. The number of hydrogen-bond acceptors (Lipinski definition) is 3. The van der Waals surface area contributed by atoms with Gasteiger partial charge in [-0.3, -0.25) is 4.90 Å². The van der Waals surface area contributed by atoms with Crippen LogP contribution in [0, 0.1) is 11.8 Å². The van der Waals surface area contributed by atoms with Gasteiger partial charge in [0.05, 0.1) is 5.60 Å². The molecule has 5 rings (SSSR count). The van der Waals surface area contributed by atoms with E-state index in [-0.39, 0.29) is 22.8 Å². The first-order valence-corrected chi connectivity index (χ1v) is 11.4. The third kappa shape index (κ3) is 3.05. The zero-order chi connectivity index (χ0) is 20.3. The number of aromatic nitrogens is 1. The van der Waals surface area contributed by atoms with Gasteiger partial charge in [-0.2, -0.15) is 0 Å². The molecule has 2 heterocycles. The van der Waals surface area contributed by atoms with E-state index in [0.717, 1.165) is 31.5 Å². The predicted molar refractivity (Wildman–Crippen MR) is 117 cm³/mol. The van der Waals surface area contributed by atoms with Crippen LogP contribution in [0.25, 0.3) is 0 Å². The van der Waals surface area contributed by atoms with Crippen LogP contribution in [-0.4, -0.2) is 33.6 Å². The first-order chi connectivity index (χ1) is 13.8. The Bertz CT molecular complexity index is 879. The molecule has 2 atom stereocenters. The molecule has 2 aromatic rings. The van der Waals surface area contributed by atoms with E-state index < -0.39 is 5.60 Å². The zero-order valence-electron chi connectivity index (χ0n) is 17.4. The fourth-order valence-corrected chi connectivity index (χ4v) is 7.09. The number of rotatable bonds is 3. The van der Waals surface area contributed by atoms with Crippen LogP contribution in [0.2, 0.25) is 5.15 Å². The van der Waals surface area contributed by atoms with E-state index in [1.165, 1.54) is 24.8 Å². The monoisotopic (exact) mass is 410 g/mol.